The highest BCUT2D eigenvalue weighted by atomic mass is 16.2. The number of nitrogens with one attached hydrogen (secondary N) is 1. The lowest BCUT2D eigenvalue weighted by atomic mass is 9.96. The standard InChI is InChI=1S/C18H22N4O/c1-12-5-2-3-7-15(12)18(23)22-10-4-6-14(11-22)17-19-16(20-21-17)13-8-9-13/h2-3,5,7,13-14H,4,6,8-11H2,1H3,(H,19,20,21). The summed E-state index contributed by atoms with van der Waals surface area (Å²) in [5.41, 5.74) is 1.84. The number of hydrogen-bond acceptors (Lipinski definition) is 3. The summed E-state index contributed by atoms with van der Waals surface area (Å²) in [5.74, 6) is 2.88. The Morgan fingerprint density at radius 1 is 1.22 bits per heavy atom. The Labute approximate surface area is 136 Å². The van der Waals surface area contributed by atoms with E-state index in [9.17, 15) is 4.79 Å². The fourth-order valence-electron chi connectivity index (χ4n) is 3.37. The third-order valence-electron chi connectivity index (χ3n) is 4.93. The van der Waals surface area contributed by atoms with Crippen molar-refractivity contribution < 1.29 is 4.79 Å². The first-order valence-corrected chi connectivity index (χ1v) is 8.49. The lowest BCUT2D eigenvalue weighted by Crippen LogP contribution is -2.39. The van der Waals surface area contributed by atoms with Crippen molar-refractivity contribution >= 4 is 5.91 Å². The number of nitrogens with zero attached hydrogens (tertiary/aromatic N) is 3. The molecule has 1 N–H and O–H groups in total. The van der Waals surface area contributed by atoms with Crippen LogP contribution >= 0.6 is 0 Å². The molecule has 2 aliphatic rings. The molecule has 2 aromatic rings. The van der Waals surface area contributed by atoms with Crippen molar-refractivity contribution in [3.8, 4) is 0 Å². The van der Waals surface area contributed by atoms with Gasteiger partial charge in [0.15, 0.2) is 5.82 Å². The van der Waals surface area contributed by atoms with Gasteiger partial charge in [-0.1, -0.05) is 18.2 Å². The maximum absolute atomic E-state index is 12.8. The Kier molecular flexibility index (Phi) is 3.63. The van der Waals surface area contributed by atoms with E-state index in [-0.39, 0.29) is 11.8 Å². The molecule has 5 nitrogen and oxygen atoms in total. The molecule has 1 amide bonds. The van der Waals surface area contributed by atoms with Crippen LogP contribution in [0.5, 0.6) is 0 Å². The van der Waals surface area contributed by atoms with Crippen molar-refractivity contribution in [1.29, 1.82) is 0 Å². The van der Waals surface area contributed by atoms with Crippen LogP contribution in [0.25, 0.3) is 0 Å². The summed E-state index contributed by atoms with van der Waals surface area (Å²) in [4.78, 5) is 19.4. The molecule has 1 aromatic carbocycles. The molecule has 1 aliphatic carbocycles. The maximum Gasteiger partial charge on any atom is 0.254 e. The number of carbonyl (C=O) groups is 1. The van der Waals surface area contributed by atoms with Crippen molar-refractivity contribution in [2.45, 2.75) is 44.4 Å². The fraction of sp³-hybridized carbons (Fsp3) is 0.500. The Morgan fingerprint density at radius 3 is 2.83 bits per heavy atom. The number of rotatable bonds is 3. The quantitative estimate of drug-likeness (QED) is 0.948. The molecule has 1 saturated carbocycles. The van der Waals surface area contributed by atoms with Crippen molar-refractivity contribution in [3.63, 3.8) is 0 Å². The van der Waals surface area contributed by atoms with E-state index in [0.717, 1.165) is 48.7 Å². The van der Waals surface area contributed by atoms with E-state index in [4.69, 9.17) is 0 Å². The van der Waals surface area contributed by atoms with E-state index < -0.39 is 0 Å². The first kappa shape index (κ1) is 14.4. The summed E-state index contributed by atoms with van der Waals surface area (Å²) in [7, 11) is 0. The Hall–Kier alpha value is -2.17. The van der Waals surface area contributed by atoms with E-state index in [1.54, 1.807) is 0 Å². The van der Waals surface area contributed by atoms with Gasteiger partial charge in [0, 0.05) is 30.5 Å². The SMILES string of the molecule is Cc1ccccc1C(=O)N1CCCC(c2n[nH]c(C3CC3)n2)C1. The number of piperidine rings is 1. The highest BCUT2D eigenvalue weighted by Crippen LogP contribution is 2.38. The van der Waals surface area contributed by atoms with Gasteiger partial charge in [-0.15, -0.1) is 0 Å². The van der Waals surface area contributed by atoms with Crippen LogP contribution < -0.4 is 0 Å². The van der Waals surface area contributed by atoms with Crippen LogP contribution in [0.4, 0.5) is 0 Å². The number of carbonyl (C=O) groups excluding carboxylic acids is 1. The number of hydrogen-bond donors (Lipinski definition) is 1. The molecule has 1 aromatic heterocycles. The lowest BCUT2D eigenvalue weighted by Gasteiger charge is -2.31. The zero-order valence-corrected chi connectivity index (χ0v) is 13.5. The van der Waals surface area contributed by atoms with Gasteiger partial charge in [-0.3, -0.25) is 9.89 Å². The molecule has 23 heavy (non-hydrogen) atoms. The number of aryl methyl sites for hydroxylation is 1. The summed E-state index contributed by atoms with van der Waals surface area (Å²) in [6, 6.07) is 7.81. The third kappa shape index (κ3) is 2.87. The minimum atomic E-state index is 0.130. The molecule has 1 unspecified atom stereocenters. The van der Waals surface area contributed by atoms with Crippen molar-refractivity contribution in [3.05, 3.63) is 47.0 Å². The second-order valence-electron chi connectivity index (χ2n) is 6.76. The molecule has 1 atom stereocenters. The van der Waals surface area contributed by atoms with E-state index in [1.165, 1.54) is 12.8 Å². The zero-order valence-electron chi connectivity index (χ0n) is 13.5. The molecule has 1 saturated heterocycles. The first-order valence-electron chi connectivity index (χ1n) is 8.49. The number of aromatic nitrogens is 3. The van der Waals surface area contributed by atoms with E-state index in [1.807, 2.05) is 36.1 Å². The van der Waals surface area contributed by atoms with Crippen LogP contribution in [0, 0.1) is 6.92 Å². The summed E-state index contributed by atoms with van der Waals surface area (Å²) < 4.78 is 0. The number of H-pyrrole nitrogens is 1. The molecule has 2 fully saturated rings. The second-order valence-corrected chi connectivity index (χ2v) is 6.76. The highest BCUT2D eigenvalue weighted by Gasteiger charge is 2.31. The minimum absolute atomic E-state index is 0.130. The van der Waals surface area contributed by atoms with Gasteiger partial charge in [0.05, 0.1) is 0 Å². The summed E-state index contributed by atoms with van der Waals surface area (Å²) in [5, 5.41) is 7.50. The molecule has 4 rings (SSSR count). The van der Waals surface area contributed by atoms with Crippen LogP contribution in [-0.4, -0.2) is 39.1 Å². The van der Waals surface area contributed by atoms with Crippen LogP contribution in [0.15, 0.2) is 24.3 Å². The largest absolute Gasteiger partial charge is 0.338 e. The molecule has 0 radical (unpaired) electrons. The average Bonchev–Trinajstić information content (AvgIpc) is 3.32. The molecule has 0 spiro atoms. The van der Waals surface area contributed by atoms with Gasteiger partial charge in [0.25, 0.3) is 5.91 Å². The molecule has 5 heteroatoms. The summed E-state index contributed by atoms with van der Waals surface area (Å²) >= 11 is 0. The van der Waals surface area contributed by atoms with Gasteiger partial charge in [-0.2, -0.15) is 5.10 Å². The predicted molar refractivity (Wildman–Crippen MR) is 87.4 cm³/mol. The molecule has 1 aliphatic heterocycles. The highest BCUT2D eigenvalue weighted by molar-refractivity contribution is 5.95. The molecule has 2 heterocycles. The first-order chi connectivity index (χ1) is 11.2. The van der Waals surface area contributed by atoms with E-state index in [0.29, 0.717) is 5.92 Å². The summed E-state index contributed by atoms with van der Waals surface area (Å²) in [6.45, 7) is 3.53. The smallest absolute Gasteiger partial charge is 0.254 e. The normalized spacial score (nSPS) is 21.4. The van der Waals surface area contributed by atoms with Gasteiger partial charge in [0.2, 0.25) is 0 Å². The Bertz CT molecular complexity index is 719. The second kappa shape index (κ2) is 5.80. The van der Waals surface area contributed by atoms with Crippen molar-refractivity contribution in [2.24, 2.45) is 0 Å². The number of aromatic amines is 1. The minimum Gasteiger partial charge on any atom is -0.338 e. The van der Waals surface area contributed by atoms with Gasteiger partial charge < -0.3 is 4.90 Å². The van der Waals surface area contributed by atoms with Gasteiger partial charge in [0.1, 0.15) is 5.82 Å². The van der Waals surface area contributed by atoms with E-state index >= 15 is 0 Å². The summed E-state index contributed by atoms with van der Waals surface area (Å²) in [6.07, 6.45) is 4.50. The topological polar surface area (TPSA) is 61.9 Å². The van der Waals surface area contributed by atoms with Crippen LogP contribution in [-0.2, 0) is 0 Å². The van der Waals surface area contributed by atoms with Gasteiger partial charge in [-0.25, -0.2) is 4.98 Å². The van der Waals surface area contributed by atoms with Crippen LogP contribution in [0.2, 0.25) is 0 Å². The number of benzene rings is 1. The zero-order chi connectivity index (χ0) is 15.8. The molecule has 0 bridgehead atoms. The lowest BCUT2D eigenvalue weighted by molar-refractivity contribution is 0.0704. The molecule has 120 valence electrons. The maximum atomic E-state index is 12.8. The van der Waals surface area contributed by atoms with E-state index in [2.05, 4.69) is 15.2 Å². The number of likely N-dealkylation sites (tertiary alicyclic amines) is 1. The van der Waals surface area contributed by atoms with Gasteiger partial charge in [-0.05, 0) is 44.2 Å². The van der Waals surface area contributed by atoms with Gasteiger partial charge >= 0.3 is 0 Å². The predicted octanol–water partition coefficient (Wildman–Crippen LogP) is 3.01. The van der Waals surface area contributed by atoms with Crippen molar-refractivity contribution in [1.82, 2.24) is 20.1 Å². The Morgan fingerprint density at radius 2 is 2.04 bits per heavy atom. The Balaban J connectivity index is 1.50. The fourth-order valence-corrected chi connectivity index (χ4v) is 3.37. The monoisotopic (exact) mass is 310 g/mol. The molecular weight excluding hydrogens is 288 g/mol. The van der Waals surface area contributed by atoms with Crippen molar-refractivity contribution in [2.75, 3.05) is 13.1 Å². The average molecular weight is 310 g/mol. The molecular formula is C18H22N4O. The van der Waals surface area contributed by atoms with Crippen LogP contribution in [0.3, 0.4) is 0 Å². The third-order valence-corrected chi connectivity index (χ3v) is 4.93. The number of amides is 1. The van der Waals surface area contributed by atoms with Crippen LogP contribution in [0.1, 0.15) is 65.1 Å².